The summed E-state index contributed by atoms with van der Waals surface area (Å²) in [5, 5.41) is 23.5. The Labute approximate surface area is 223 Å². The van der Waals surface area contributed by atoms with Gasteiger partial charge in [0, 0.05) is 42.4 Å². The maximum atomic E-state index is 13.7. The van der Waals surface area contributed by atoms with Gasteiger partial charge in [0.15, 0.2) is 0 Å². The fraction of sp³-hybridized carbons (Fsp3) is 0.462. The van der Waals surface area contributed by atoms with Gasteiger partial charge in [0.1, 0.15) is 11.6 Å². The highest BCUT2D eigenvalue weighted by Crippen LogP contribution is 2.37. The summed E-state index contributed by atoms with van der Waals surface area (Å²) in [6.07, 6.45) is 2.90. The molecule has 0 saturated carbocycles. The minimum atomic E-state index is -0.808. The Balaban J connectivity index is 1.38. The van der Waals surface area contributed by atoms with E-state index in [9.17, 15) is 19.4 Å². The van der Waals surface area contributed by atoms with Crippen molar-refractivity contribution >= 4 is 51.6 Å². The minimum absolute atomic E-state index is 0.00308. The number of rotatable bonds is 11. The van der Waals surface area contributed by atoms with Crippen molar-refractivity contribution in [3.63, 3.8) is 0 Å². The lowest BCUT2D eigenvalue weighted by atomic mass is 9.79. The third-order valence-corrected chi connectivity index (χ3v) is 9.32. The van der Waals surface area contributed by atoms with Gasteiger partial charge in [-0.25, -0.2) is 4.39 Å². The summed E-state index contributed by atoms with van der Waals surface area (Å²) in [5.41, 5.74) is 1.36. The first-order valence-electron chi connectivity index (χ1n) is 12.0. The monoisotopic (exact) mass is 552 g/mol. The molecule has 3 atom stereocenters. The standard InChI is InChI=1S/C26H30ClFN2O4S2/c1-34-18-3-4-22-19(13-18)25(20(27)14-29-22)23(31)5-2-16-6-8-30(15-17(16)12-24(32)33)9-11-36-26-21(28)7-10-35-26/h3-4,7,10,13-14,16-17,23,31H,2,5-6,8-9,11-12,15H2,1H3,(H,32,33)/t16?,17?,23-/m1/s1. The Morgan fingerprint density at radius 2 is 2.22 bits per heavy atom. The number of ether oxygens (including phenoxy) is 1. The van der Waals surface area contributed by atoms with Gasteiger partial charge in [-0.15, -0.1) is 23.1 Å². The number of benzene rings is 1. The summed E-state index contributed by atoms with van der Waals surface area (Å²) >= 11 is 9.36. The first-order valence-corrected chi connectivity index (χ1v) is 14.2. The van der Waals surface area contributed by atoms with E-state index < -0.39 is 12.1 Å². The number of hydrogen-bond acceptors (Lipinski definition) is 7. The third-order valence-electron chi connectivity index (χ3n) is 6.85. The van der Waals surface area contributed by atoms with Crippen LogP contribution in [-0.2, 0) is 4.79 Å². The number of methoxy groups -OCH3 is 1. The molecule has 2 unspecified atom stereocenters. The van der Waals surface area contributed by atoms with Crippen molar-refractivity contribution in [1.29, 1.82) is 0 Å². The van der Waals surface area contributed by atoms with Gasteiger partial charge in [0.05, 0.1) is 28.0 Å². The van der Waals surface area contributed by atoms with E-state index in [1.165, 1.54) is 29.2 Å². The van der Waals surface area contributed by atoms with Gasteiger partial charge in [-0.2, -0.15) is 0 Å². The van der Waals surface area contributed by atoms with Crippen LogP contribution in [-0.4, -0.2) is 58.6 Å². The average molecular weight is 553 g/mol. The number of carboxylic acids is 1. The van der Waals surface area contributed by atoms with Crippen LogP contribution in [0.5, 0.6) is 5.75 Å². The molecule has 0 aliphatic carbocycles. The normalized spacial score (nSPS) is 19.4. The van der Waals surface area contributed by atoms with Gasteiger partial charge < -0.3 is 19.8 Å². The number of hydrogen-bond donors (Lipinski definition) is 2. The van der Waals surface area contributed by atoms with E-state index in [1.54, 1.807) is 18.7 Å². The first-order chi connectivity index (χ1) is 17.4. The molecule has 0 radical (unpaired) electrons. The highest BCUT2D eigenvalue weighted by molar-refractivity contribution is 8.01. The second-order valence-electron chi connectivity index (χ2n) is 9.11. The number of likely N-dealkylation sites (tertiary alicyclic amines) is 1. The van der Waals surface area contributed by atoms with Crippen LogP contribution >= 0.6 is 34.7 Å². The summed E-state index contributed by atoms with van der Waals surface area (Å²) in [6.45, 7) is 2.34. The molecule has 1 aromatic carbocycles. The van der Waals surface area contributed by atoms with Crippen LogP contribution in [0.25, 0.3) is 10.9 Å². The Bertz CT molecular complexity index is 1190. The summed E-state index contributed by atoms with van der Waals surface area (Å²) in [5.74, 6) is 0.628. The number of aliphatic hydroxyl groups is 1. The van der Waals surface area contributed by atoms with Crippen molar-refractivity contribution in [2.45, 2.75) is 36.0 Å². The highest BCUT2D eigenvalue weighted by Gasteiger charge is 2.31. The SMILES string of the molecule is COc1ccc2ncc(Cl)c([C@H](O)CCC3CCN(CCSc4sccc4F)CC3CC(=O)O)c2c1. The van der Waals surface area contributed by atoms with Crippen LogP contribution < -0.4 is 4.74 Å². The lowest BCUT2D eigenvalue weighted by Crippen LogP contribution is -2.42. The molecular formula is C26H30ClFN2O4S2. The zero-order valence-electron chi connectivity index (χ0n) is 20.0. The van der Waals surface area contributed by atoms with Crippen LogP contribution in [0.15, 0.2) is 40.1 Å². The lowest BCUT2D eigenvalue weighted by Gasteiger charge is -2.38. The van der Waals surface area contributed by atoms with E-state index in [0.29, 0.717) is 39.9 Å². The zero-order valence-corrected chi connectivity index (χ0v) is 22.4. The Morgan fingerprint density at radius 1 is 1.39 bits per heavy atom. The van der Waals surface area contributed by atoms with Gasteiger partial charge in [-0.3, -0.25) is 9.78 Å². The third kappa shape index (κ3) is 6.69. The van der Waals surface area contributed by atoms with Gasteiger partial charge in [0.25, 0.3) is 0 Å². The van der Waals surface area contributed by atoms with Gasteiger partial charge in [-0.1, -0.05) is 11.6 Å². The van der Waals surface area contributed by atoms with Gasteiger partial charge >= 0.3 is 5.97 Å². The fourth-order valence-corrected chi connectivity index (χ4v) is 7.19. The number of thiophene rings is 1. The second-order valence-corrected chi connectivity index (χ2v) is 11.8. The zero-order chi connectivity index (χ0) is 25.7. The van der Waals surface area contributed by atoms with E-state index in [1.807, 2.05) is 18.2 Å². The molecule has 2 aromatic heterocycles. The number of aromatic nitrogens is 1. The van der Waals surface area contributed by atoms with Crippen LogP contribution in [0.4, 0.5) is 4.39 Å². The lowest BCUT2D eigenvalue weighted by molar-refractivity contribution is -0.139. The predicted molar refractivity (Wildman–Crippen MR) is 143 cm³/mol. The molecule has 2 N–H and O–H groups in total. The molecule has 1 aliphatic rings. The highest BCUT2D eigenvalue weighted by atomic mass is 35.5. The maximum absolute atomic E-state index is 13.7. The van der Waals surface area contributed by atoms with Gasteiger partial charge in [-0.05, 0) is 67.3 Å². The molecule has 3 aromatic rings. The molecule has 10 heteroatoms. The summed E-state index contributed by atoms with van der Waals surface area (Å²) < 4.78 is 19.7. The average Bonchev–Trinajstić information content (AvgIpc) is 3.27. The number of carboxylic acid groups (broad SMARTS) is 1. The molecule has 0 bridgehead atoms. The molecule has 6 nitrogen and oxygen atoms in total. The van der Waals surface area contributed by atoms with Crippen LogP contribution in [0.2, 0.25) is 5.02 Å². The quantitative estimate of drug-likeness (QED) is 0.277. The van der Waals surface area contributed by atoms with Gasteiger partial charge in [0.2, 0.25) is 0 Å². The largest absolute Gasteiger partial charge is 0.497 e. The van der Waals surface area contributed by atoms with Crippen LogP contribution in [0.3, 0.4) is 0 Å². The molecule has 0 spiro atoms. The van der Waals surface area contributed by atoms with E-state index in [0.717, 1.165) is 36.2 Å². The van der Waals surface area contributed by atoms with E-state index >= 15 is 0 Å². The maximum Gasteiger partial charge on any atom is 0.303 e. The summed E-state index contributed by atoms with van der Waals surface area (Å²) in [6, 6.07) is 6.97. The van der Waals surface area contributed by atoms with Crippen LogP contribution in [0.1, 0.15) is 37.4 Å². The molecule has 4 rings (SSSR count). The first kappa shape index (κ1) is 27.1. The summed E-state index contributed by atoms with van der Waals surface area (Å²) in [7, 11) is 1.59. The smallest absolute Gasteiger partial charge is 0.303 e. The minimum Gasteiger partial charge on any atom is -0.497 e. The number of pyridine rings is 1. The molecule has 194 valence electrons. The molecule has 1 fully saturated rings. The van der Waals surface area contributed by atoms with Crippen molar-refractivity contribution in [2.24, 2.45) is 11.8 Å². The fourth-order valence-electron chi connectivity index (χ4n) is 4.99. The molecule has 0 amide bonds. The number of halogens is 2. The molecule has 1 aliphatic heterocycles. The predicted octanol–water partition coefficient (Wildman–Crippen LogP) is 6.12. The number of thioether (sulfide) groups is 1. The molecular weight excluding hydrogens is 523 g/mol. The van der Waals surface area contributed by atoms with E-state index in [-0.39, 0.29) is 24.1 Å². The summed E-state index contributed by atoms with van der Waals surface area (Å²) in [4.78, 5) is 18.2. The number of nitrogens with zero attached hydrogens (tertiary/aromatic N) is 2. The van der Waals surface area contributed by atoms with Crippen LogP contribution in [0, 0.1) is 17.7 Å². The topological polar surface area (TPSA) is 82.9 Å². The number of aliphatic carboxylic acids is 1. The molecule has 1 saturated heterocycles. The van der Waals surface area contributed by atoms with Crippen molar-refractivity contribution in [3.05, 3.63) is 52.2 Å². The number of carbonyl (C=O) groups is 1. The van der Waals surface area contributed by atoms with Crippen molar-refractivity contribution in [1.82, 2.24) is 9.88 Å². The molecule has 36 heavy (non-hydrogen) atoms. The van der Waals surface area contributed by atoms with Crippen molar-refractivity contribution in [3.8, 4) is 5.75 Å². The Morgan fingerprint density at radius 3 is 2.94 bits per heavy atom. The second kappa shape index (κ2) is 12.6. The number of piperidine rings is 1. The van der Waals surface area contributed by atoms with Crippen molar-refractivity contribution < 1.29 is 24.1 Å². The van der Waals surface area contributed by atoms with Crippen molar-refractivity contribution in [2.75, 3.05) is 32.5 Å². The van der Waals surface area contributed by atoms with E-state index in [4.69, 9.17) is 16.3 Å². The Kier molecular flexibility index (Phi) is 9.47. The Hall–Kier alpha value is -1.91. The number of fused-ring (bicyclic) bond motifs is 1. The number of aliphatic hydroxyl groups excluding tert-OH is 1. The van der Waals surface area contributed by atoms with E-state index in [2.05, 4.69) is 9.88 Å². The molecule has 3 heterocycles.